The summed E-state index contributed by atoms with van der Waals surface area (Å²) in [7, 11) is -3.04. The van der Waals surface area contributed by atoms with E-state index in [2.05, 4.69) is 49.6 Å². The highest BCUT2D eigenvalue weighted by Gasteiger charge is 2.17. The van der Waals surface area contributed by atoms with E-state index in [1.807, 2.05) is 0 Å². The molecule has 0 aliphatic rings. The summed E-state index contributed by atoms with van der Waals surface area (Å²) in [5.41, 5.74) is 0. The Balaban J connectivity index is 3.66. The summed E-state index contributed by atoms with van der Waals surface area (Å²) in [6.45, 7) is 12.8. The predicted octanol–water partition coefficient (Wildman–Crippen LogP) is 1.93. The molecule has 0 aromatic carbocycles. The SMILES string of the molecule is C[Si](C)(C)NC(=O)NCO[Si](C)(C)C. The van der Waals surface area contributed by atoms with E-state index in [1.165, 1.54) is 0 Å². The third kappa shape index (κ3) is 9.75. The standard InChI is InChI=1S/C8H22N2O2Si2/c1-13(2,3)10-8(11)9-7-12-14(4,5)6/h7H2,1-6H3,(H2,9,10,11). The maximum Gasteiger partial charge on any atom is 0.308 e. The van der Waals surface area contributed by atoms with E-state index in [0.717, 1.165) is 0 Å². The van der Waals surface area contributed by atoms with Crippen molar-refractivity contribution >= 4 is 22.6 Å². The minimum atomic E-state index is -1.52. The molecule has 0 atom stereocenters. The molecule has 6 heteroatoms. The zero-order chi connectivity index (χ0) is 11.4. The molecule has 0 saturated carbocycles. The van der Waals surface area contributed by atoms with E-state index >= 15 is 0 Å². The van der Waals surface area contributed by atoms with Crippen molar-refractivity contribution in [1.82, 2.24) is 10.3 Å². The first-order chi connectivity index (χ1) is 6.10. The van der Waals surface area contributed by atoms with Crippen LogP contribution in [0.5, 0.6) is 0 Å². The second kappa shape index (κ2) is 4.95. The van der Waals surface area contributed by atoms with Crippen LogP contribution in [0.4, 0.5) is 4.79 Å². The molecule has 4 nitrogen and oxygen atoms in total. The summed E-state index contributed by atoms with van der Waals surface area (Å²) in [4.78, 5) is 14.2. The smallest absolute Gasteiger partial charge is 0.308 e. The summed E-state index contributed by atoms with van der Waals surface area (Å²) in [6, 6.07) is -0.123. The lowest BCUT2D eigenvalue weighted by Crippen LogP contribution is -2.51. The first-order valence-corrected chi connectivity index (χ1v) is 11.7. The molecule has 2 amide bonds. The molecule has 2 N–H and O–H groups in total. The number of hydrogen-bond acceptors (Lipinski definition) is 2. The fourth-order valence-corrected chi connectivity index (χ4v) is 1.98. The van der Waals surface area contributed by atoms with E-state index in [4.69, 9.17) is 4.43 Å². The fourth-order valence-electron chi connectivity index (χ4n) is 0.703. The summed E-state index contributed by atoms with van der Waals surface area (Å²) in [5, 5.41) is 2.69. The third-order valence-corrected chi connectivity index (χ3v) is 3.21. The first kappa shape index (κ1) is 13.7. The highest BCUT2D eigenvalue weighted by Crippen LogP contribution is 2.00. The Bertz CT molecular complexity index is 196. The quantitative estimate of drug-likeness (QED) is 0.577. The number of carbonyl (C=O) groups excluding carboxylic acids is 1. The van der Waals surface area contributed by atoms with E-state index < -0.39 is 16.6 Å². The van der Waals surface area contributed by atoms with Gasteiger partial charge in [0.1, 0.15) is 15.0 Å². The molecule has 0 aliphatic heterocycles. The molecule has 0 aromatic rings. The molecule has 0 bridgehead atoms. The van der Waals surface area contributed by atoms with Crippen molar-refractivity contribution in [3.8, 4) is 0 Å². The summed E-state index contributed by atoms with van der Waals surface area (Å²) >= 11 is 0. The van der Waals surface area contributed by atoms with Crippen LogP contribution in [0.2, 0.25) is 39.3 Å². The Morgan fingerprint density at radius 1 is 1.14 bits per heavy atom. The Kier molecular flexibility index (Phi) is 4.83. The van der Waals surface area contributed by atoms with Crippen molar-refractivity contribution in [2.24, 2.45) is 0 Å². The zero-order valence-electron chi connectivity index (χ0n) is 10.0. The number of hydrogen-bond donors (Lipinski definition) is 2. The monoisotopic (exact) mass is 234 g/mol. The molecule has 0 aliphatic carbocycles. The van der Waals surface area contributed by atoms with Crippen LogP contribution in [0.3, 0.4) is 0 Å². The molecule has 0 radical (unpaired) electrons. The summed E-state index contributed by atoms with van der Waals surface area (Å²) < 4.78 is 5.50. The highest BCUT2D eigenvalue weighted by molar-refractivity contribution is 6.75. The van der Waals surface area contributed by atoms with Crippen molar-refractivity contribution in [3.63, 3.8) is 0 Å². The minimum absolute atomic E-state index is 0.123. The molecule has 0 heterocycles. The van der Waals surface area contributed by atoms with E-state index in [9.17, 15) is 4.79 Å². The number of carbonyl (C=O) groups is 1. The van der Waals surface area contributed by atoms with Crippen LogP contribution in [0.25, 0.3) is 0 Å². The molecular formula is C8H22N2O2Si2. The van der Waals surface area contributed by atoms with Crippen molar-refractivity contribution in [2.45, 2.75) is 39.3 Å². The fraction of sp³-hybridized carbons (Fsp3) is 0.875. The van der Waals surface area contributed by atoms with Gasteiger partial charge in [-0.15, -0.1) is 0 Å². The van der Waals surface area contributed by atoms with Crippen molar-refractivity contribution in [1.29, 1.82) is 0 Å². The molecule has 0 unspecified atom stereocenters. The maximum absolute atomic E-state index is 11.3. The summed E-state index contributed by atoms with van der Waals surface area (Å²) in [6.07, 6.45) is 0. The van der Waals surface area contributed by atoms with Gasteiger partial charge in [0.15, 0.2) is 8.32 Å². The highest BCUT2D eigenvalue weighted by atomic mass is 28.4. The molecule has 0 spiro atoms. The lowest BCUT2D eigenvalue weighted by atomic mass is 11.0. The van der Waals surface area contributed by atoms with Crippen LogP contribution >= 0.6 is 0 Å². The average molecular weight is 234 g/mol. The minimum Gasteiger partial charge on any atom is -0.400 e. The number of rotatable bonds is 4. The lowest BCUT2D eigenvalue weighted by Gasteiger charge is -2.21. The van der Waals surface area contributed by atoms with Crippen LogP contribution < -0.4 is 10.3 Å². The normalized spacial score (nSPS) is 12.4. The van der Waals surface area contributed by atoms with Crippen LogP contribution in [-0.4, -0.2) is 29.3 Å². The van der Waals surface area contributed by atoms with Gasteiger partial charge in [-0.2, -0.15) is 0 Å². The Morgan fingerprint density at radius 2 is 1.64 bits per heavy atom. The molecular weight excluding hydrogens is 212 g/mol. The average Bonchev–Trinajstić information content (AvgIpc) is 1.78. The maximum atomic E-state index is 11.3. The number of amides is 2. The zero-order valence-corrected chi connectivity index (χ0v) is 12.0. The molecule has 0 rings (SSSR count). The molecule has 0 aromatic heterocycles. The second-order valence-electron chi connectivity index (χ2n) is 5.28. The van der Waals surface area contributed by atoms with Gasteiger partial charge in [0.2, 0.25) is 0 Å². The van der Waals surface area contributed by atoms with Crippen LogP contribution in [0.1, 0.15) is 0 Å². The van der Waals surface area contributed by atoms with Gasteiger partial charge in [-0.1, -0.05) is 19.6 Å². The molecule has 14 heavy (non-hydrogen) atoms. The predicted molar refractivity (Wildman–Crippen MR) is 64.3 cm³/mol. The van der Waals surface area contributed by atoms with Crippen molar-refractivity contribution < 1.29 is 9.22 Å². The lowest BCUT2D eigenvalue weighted by molar-refractivity contribution is 0.227. The Hall–Kier alpha value is -0.336. The molecule has 84 valence electrons. The first-order valence-electron chi connectivity index (χ1n) is 4.80. The van der Waals surface area contributed by atoms with E-state index in [0.29, 0.717) is 6.73 Å². The Labute approximate surface area is 88.6 Å². The van der Waals surface area contributed by atoms with E-state index in [-0.39, 0.29) is 6.03 Å². The van der Waals surface area contributed by atoms with Crippen LogP contribution in [0.15, 0.2) is 0 Å². The number of nitrogens with one attached hydrogen (secondary N) is 2. The van der Waals surface area contributed by atoms with Crippen LogP contribution in [-0.2, 0) is 4.43 Å². The van der Waals surface area contributed by atoms with Gasteiger partial charge in [0, 0.05) is 0 Å². The summed E-state index contributed by atoms with van der Waals surface area (Å²) in [5.74, 6) is 0. The molecule has 0 fully saturated rings. The van der Waals surface area contributed by atoms with Crippen LogP contribution in [0, 0.1) is 0 Å². The van der Waals surface area contributed by atoms with Gasteiger partial charge in [-0.25, -0.2) is 4.79 Å². The topological polar surface area (TPSA) is 50.4 Å². The van der Waals surface area contributed by atoms with E-state index in [1.54, 1.807) is 0 Å². The van der Waals surface area contributed by atoms with Crippen molar-refractivity contribution in [2.75, 3.05) is 6.73 Å². The van der Waals surface area contributed by atoms with Gasteiger partial charge in [-0.3, -0.25) is 0 Å². The third-order valence-electron chi connectivity index (χ3n) is 1.23. The Morgan fingerprint density at radius 3 is 2.00 bits per heavy atom. The molecule has 0 saturated heterocycles. The van der Waals surface area contributed by atoms with Gasteiger partial charge in [-0.05, 0) is 19.6 Å². The van der Waals surface area contributed by atoms with Gasteiger partial charge in [0.25, 0.3) is 0 Å². The second-order valence-corrected chi connectivity index (χ2v) is 14.5. The van der Waals surface area contributed by atoms with Crippen molar-refractivity contribution in [3.05, 3.63) is 0 Å². The van der Waals surface area contributed by atoms with Gasteiger partial charge >= 0.3 is 6.03 Å². The number of urea groups is 1. The van der Waals surface area contributed by atoms with Gasteiger partial charge < -0.3 is 14.7 Å². The largest absolute Gasteiger partial charge is 0.400 e. The van der Waals surface area contributed by atoms with Gasteiger partial charge in [0.05, 0.1) is 0 Å².